The van der Waals surface area contributed by atoms with Gasteiger partial charge in [-0.25, -0.2) is 9.59 Å². The quantitative estimate of drug-likeness (QED) is 0.300. The molecule has 0 fully saturated rings. The Morgan fingerprint density at radius 1 is 1.12 bits per heavy atom. The number of hydrogen-bond acceptors (Lipinski definition) is 4. The lowest BCUT2D eigenvalue weighted by molar-refractivity contribution is -0.139. The van der Waals surface area contributed by atoms with E-state index in [1.807, 2.05) is 0 Å². The molecule has 88 valence electrons. The van der Waals surface area contributed by atoms with Gasteiger partial charge in [0.25, 0.3) is 0 Å². The van der Waals surface area contributed by atoms with Gasteiger partial charge in [-0.3, -0.25) is 0 Å². The standard InChI is InChI=1S/C12H16O4/c1-9(2)11(13)15-7-5-6-8-16-12(14)10(3)4/h5,7H,1,3,6,8H2,2,4H3. The number of carbonyl (C=O) groups is 2. The third-order valence-corrected chi connectivity index (χ3v) is 1.49. The monoisotopic (exact) mass is 224 g/mol. The Labute approximate surface area is 95.2 Å². The van der Waals surface area contributed by atoms with E-state index in [1.165, 1.54) is 6.26 Å². The number of ether oxygens (including phenoxy) is 2. The molecule has 0 amide bonds. The number of rotatable bonds is 6. The molecular formula is C12H16O4. The summed E-state index contributed by atoms with van der Waals surface area (Å²) in [5.41, 5.74) is 0.691. The van der Waals surface area contributed by atoms with Crippen LogP contribution in [0.15, 0.2) is 36.6 Å². The van der Waals surface area contributed by atoms with Crippen LogP contribution in [0.25, 0.3) is 0 Å². The van der Waals surface area contributed by atoms with E-state index in [-0.39, 0.29) is 6.61 Å². The third-order valence-electron chi connectivity index (χ3n) is 1.49. The van der Waals surface area contributed by atoms with Crippen molar-refractivity contribution < 1.29 is 19.1 Å². The molecule has 0 bridgehead atoms. The maximum absolute atomic E-state index is 10.9. The largest absolute Gasteiger partial charge is 0.462 e. The van der Waals surface area contributed by atoms with E-state index in [0.29, 0.717) is 17.6 Å². The zero-order chi connectivity index (χ0) is 12.6. The number of hydrogen-bond donors (Lipinski definition) is 0. The lowest BCUT2D eigenvalue weighted by Gasteiger charge is -2.01. The molecule has 16 heavy (non-hydrogen) atoms. The lowest BCUT2D eigenvalue weighted by Crippen LogP contribution is -2.05. The van der Waals surface area contributed by atoms with Crippen LogP contribution in [-0.4, -0.2) is 18.5 Å². The van der Waals surface area contributed by atoms with Gasteiger partial charge in [-0.15, -0.1) is 0 Å². The van der Waals surface area contributed by atoms with Crippen molar-refractivity contribution in [2.45, 2.75) is 20.3 Å². The molecule has 0 atom stereocenters. The van der Waals surface area contributed by atoms with Gasteiger partial charge in [0.2, 0.25) is 0 Å². The summed E-state index contributed by atoms with van der Waals surface area (Å²) in [5.74, 6) is -0.900. The van der Waals surface area contributed by atoms with Gasteiger partial charge in [0.15, 0.2) is 0 Å². The van der Waals surface area contributed by atoms with E-state index in [2.05, 4.69) is 17.9 Å². The van der Waals surface area contributed by atoms with E-state index in [0.717, 1.165) is 0 Å². The molecule has 4 nitrogen and oxygen atoms in total. The predicted octanol–water partition coefficient (Wildman–Crippen LogP) is 2.13. The fourth-order valence-electron chi connectivity index (χ4n) is 0.621. The molecule has 0 aliphatic carbocycles. The lowest BCUT2D eigenvalue weighted by atomic mass is 10.3. The van der Waals surface area contributed by atoms with Gasteiger partial charge in [0.05, 0.1) is 12.9 Å². The summed E-state index contributed by atoms with van der Waals surface area (Å²) in [5, 5.41) is 0. The molecule has 0 aromatic rings. The van der Waals surface area contributed by atoms with Crippen LogP contribution in [0.5, 0.6) is 0 Å². The average molecular weight is 224 g/mol. The van der Waals surface area contributed by atoms with Gasteiger partial charge in [0.1, 0.15) is 0 Å². The van der Waals surface area contributed by atoms with Crippen LogP contribution in [0.1, 0.15) is 20.3 Å². The summed E-state index contributed by atoms with van der Waals surface area (Å²) in [6.45, 7) is 10.2. The third kappa shape index (κ3) is 6.59. The zero-order valence-electron chi connectivity index (χ0n) is 9.62. The summed E-state index contributed by atoms with van der Waals surface area (Å²) in [6.07, 6.45) is 3.32. The summed E-state index contributed by atoms with van der Waals surface area (Å²) in [4.78, 5) is 21.8. The molecule has 4 heteroatoms. The van der Waals surface area contributed by atoms with Crippen molar-refractivity contribution >= 4 is 11.9 Å². The Morgan fingerprint density at radius 2 is 1.69 bits per heavy atom. The van der Waals surface area contributed by atoms with E-state index < -0.39 is 11.9 Å². The van der Waals surface area contributed by atoms with Gasteiger partial charge in [0, 0.05) is 17.6 Å². The summed E-state index contributed by atoms with van der Waals surface area (Å²) >= 11 is 0. The average Bonchev–Trinajstić information content (AvgIpc) is 2.21. The van der Waals surface area contributed by atoms with Crippen LogP contribution < -0.4 is 0 Å². The van der Waals surface area contributed by atoms with E-state index in [4.69, 9.17) is 4.74 Å². The first-order chi connectivity index (χ1) is 7.45. The summed E-state index contributed by atoms with van der Waals surface area (Å²) in [7, 11) is 0. The highest BCUT2D eigenvalue weighted by Crippen LogP contribution is 1.96. The maximum atomic E-state index is 10.9. The maximum Gasteiger partial charge on any atom is 0.337 e. The Kier molecular flexibility index (Phi) is 6.59. The van der Waals surface area contributed by atoms with Crippen LogP contribution in [0.2, 0.25) is 0 Å². The van der Waals surface area contributed by atoms with E-state index in [1.54, 1.807) is 19.9 Å². The Balaban J connectivity index is 3.63. The first kappa shape index (κ1) is 14.2. The molecule has 0 spiro atoms. The second-order valence-corrected chi connectivity index (χ2v) is 3.26. The van der Waals surface area contributed by atoms with E-state index in [9.17, 15) is 9.59 Å². The van der Waals surface area contributed by atoms with Crippen LogP contribution in [-0.2, 0) is 19.1 Å². The normalized spacial score (nSPS) is 9.88. The Morgan fingerprint density at radius 3 is 2.19 bits per heavy atom. The zero-order valence-corrected chi connectivity index (χ0v) is 9.62. The molecule has 0 aromatic heterocycles. The van der Waals surface area contributed by atoms with Crippen LogP contribution in [0.3, 0.4) is 0 Å². The molecule has 0 saturated heterocycles. The van der Waals surface area contributed by atoms with Crippen molar-refractivity contribution in [2.24, 2.45) is 0 Å². The van der Waals surface area contributed by atoms with Gasteiger partial charge in [-0.1, -0.05) is 13.2 Å². The number of carbonyl (C=O) groups excluding carboxylic acids is 2. The van der Waals surface area contributed by atoms with Crippen molar-refractivity contribution in [2.75, 3.05) is 6.61 Å². The van der Waals surface area contributed by atoms with E-state index >= 15 is 0 Å². The van der Waals surface area contributed by atoms with Crippen molar-refractivity contribution in [3.05, 3.63) is 36.6 Å². The molecule has 0 aromatic carbocycles. The highest BCUT2D eigenvalue weighted by atomic mass is 16.5. The van der Waals surface area contributed by atoms with Crippen molar-refractivity contribution in [1.29, 1.82) is 0 Å². The van der Waals surface area contributed by atoms with Crippen LogP contribution >= 0.6 is 0 Å². The molecule has 0 radical (unpaired) electrons. The first-order valence-corrected chi connectivity index (χ1v) is 4.79. The second kappa shape index (κ2) is 7.45. The number of esters is 2. The van der Waals surface area contributed by atoms with Crippen molar-refractivity contribution in [3.8, 4) is 0 Å². The minimum atomic E-state index is -0.477. The molecule has 0 rings (SSSR count). The van der Waals surface area contributed by atoms with Gasteiger partial charge in [-0.2, -0.15) is 0 Å². The second-order valence-electron chi connectivity index (χ2n) is 3.26. The molecule has 0 N–H and O–H groups in total. The fraction of sp³-hybridized carbons (Fsp3) is 0.333. The van der Waals surface area contributed by atoms with Crippen LogP contribution in [0, 0.1) is 0 Å². The highest BCUT2D eigenvalue weighted by Gasteiger charge is 2.01. The summed E-state index contributed by atoms with van der Waals surface area (Å²) in [6, 6.07) is 0. The minimum absolute atomic E-state index is 0.229. The predicted molar refractivity (Wildman–Crippen MR) is 60.4 cm³/mol. The van der Waals surface area contributed by atoms with Crippen molar-refractivity contribution in [3.63, 3.8) is 0 Å². The minimum Gasteiger partial charge on any atom is -0.462 e. The van der Waals surface area contributed by atoms with Gasteiger partial charge in [-0.05, 0) is 19.9 Å². The highest BCUT2D eigenvalue weighted by molar-refractivity contribution is 5.87. The van der Waals surface area contributed by atoms with Gasteiger partial charge < -0.3 is 9.47 Å². The molecule has 0 aliphatic rings. The Hall–Kier alpha value is -1.84. The molecular weight excluding hydrogens is 208 g/mol. The van der Waals surface area contributed by atoms with Crippen LogP contribution in [0.4, 0.5) is 0 Å². The first-order valence-electron chi connectivity index (χ1n) is 4.79. The van der Waals surface area contributed by atoms with Gasteiger partial charge >= 0.3 is 11.9 Å². The topological polar surface area (TPSA) is 52.6 Å². The molecule has 0 saturated carbocycles. The fourth-order valence-corrected chi connectivity index (χ4v) is 0.621. The smallest absolute Gasteiger partial charge is 0.337 e. The van der Waals surface area contributed by atoms with Crippen molar-refractivity contribution in [1.82, 2.24) is 0 Å². The molecule has 0 aliphatic heterocycles. The summed E-state index contributed by atoms with van der Waals surface area (Å²) < 4.78 is 9.49. The molecule has 0 heterocycles. The Bertz CT molecular complexity index is 326. The SMILES string of the molecule is C=C(C)C(=O)OC=CCCOC(=O)C(=C)C. The molecule has 0 unspecified atom stereocenters.